The van der Waals surface area contributed by atoms with Gasteiger partial charge in [-0.3, -0.25) is 4.79 Å². The highest BCUT2D eigenvalue weighted by Crippen LogP contribution is 2.29. The van der Waals surface area contributed by atoms with Crippen LogP contribution in [0.1, 0.15) is 43.7 Å². The first-order valence-electron chi connectivity index (χ1n) is 8.06. The van der Waals surface area contributed by atoms with Crippen molar-refractivity contribution in [1.82, 2.24) is 10.6 Å². The monoisotopic (exact) mass is 364 g/mol. The summed E-state index contributed by atoms with van der Waals surface area (Å²) >= 11 is 0. The fourth-order valence-corrected chi connectivity index (χ4v) is 2.94. The Morgan fingerprint density at radius 3 is 2.42 bits per heavy atom. The molecule has 1 fully saturated rings. The van der Waals surface area contributed by atoms with Crippen LogP contribution in [0.2, 0.25) is 0 Å². The molecule has 3 nitrogen and oxygen atoms in total. The number of hydrogen-bond acceptors (Lipinski definition) is 2. The summed E-state index contributed by atoms with van der Waals surface area (Å²) in [5.41, 5.74) is 0.486. The molecule has 7 heteroatoms. The van der Waals surface area contributed by atoms with Crippen LogP contribution in [0.15, 0.2) is 30.3 Å². The molecular formula is C17H24ClF3N2O. The molecule has 2 rings (SSSR count). The van der Waals surface area contributed by atoms with E-state index < -0.39 is 18.6 Å². The van der Waals surface area contributed by atoms with Crippen LogP contribution in [0.5, 0.6) is 0 Å². The summed E-state index contributed by atoms with van der Waals surface area (Å²) in [5, 5.41) is 5.81. The molecule has 1 amide bonds. The Kier molecular flexibility index (Phi) is 8.56. The zero-order valence-corrected chi connectivity index (χ0v) is 14.3. The van der Waals surface area contributed by atoms with Crippen molar-refractivity contribution in [3.05, 3.63) is 35.9 Å². The zero-order chi connectivity index (χ0) is 16.7. The van der Waals surface area contributed by atoms with Crippen molar-refractivity contribution in [1.29, 1.82) is 0 Å². The average molecular weight is 365 g/mol. The Morgan fingerprint density at radius 1 is 1.21 bits per heavy atom. The molecule has 1 saturated heterocycles. The minimum atomic E-state index is -4.32. The van der Waals surface area contributed by atoms with Crippen molar-refractivity contribution >= 4 is 18.3 Å². The van der Waals surface area contributed by atoms with E-state index in [0.717, 1.165) is 32.4 Å². The van der Waals surface area contributed by atoms with E-state index in [1.807, 2.05) is 0 Å². The first-order chi connectivity index (χ1) is 10.9. The molecule has 136 valence electrons. The van der Waals surface area contributed by atoms with Crippen LogP contribution in [-0.4, -0.2) is 25.2 Å². The van der Waals surface area contributed by atoms with E-state index in [1.165, 1.54) is 0 Å². The normalized spacial score (nSPS) is 17.0. The Labute approximate surface area is 146 Å². The molecule has 0 saturated carbocycles. The lowest BCUT2D eigenvalue weighted by molar-refractivity contribution is -0.143. The van der Waals surface area contributed by atoms with Crippen LogP contribution in [0.25, 0.3) is 0 Å². The summed E-state index contributed by atoms with van der Waals surface area (Å²) in [6.07, 6.45) is -2.29. The largest absolute Gasteiger partial charge is 0.391 e. The topological polar surface area (TPSA) is 41.1 Å². The number of carbonyl (C=O) groups excluding carboxylic acids is 1. The quantitative estimate of drug-likeness (QED) is 0.801. The molecular weight excluding hydrogens is 341 g/mol. The summed E-state index contributed by atoms with van der Waals surface area (Å²) in [6.45, 7) is 1.90. The Balaban J connectivity index is 0.00000288. The highest BCUT2D eigenvalue weighted by Gasteiger charge is 2.33. The van der Waals surface area contributed by atoms with E-state index in [-0.39, 0.29) is 24.7 Å². The van der Waals surface area contributed by atoms with Crippen molar-refractivity contribution in [2.45, 2.75) is 44.3 Å². The average Bonchev–Trinajstić information content (AvgIpc) is 2.53. The van der Waals surface area contributed by atoms with Gasteiger partial charge in [0.2, 0.25) is 5.91 Å². The van der Waals surface area contributed by atoms with Crippen LogP contribution in [0.3, 0.4) is 0 Å². The molecule has 0 radical (unpaired) electrons. The van der Waals surface area contributed by atoms with Gasteiger partial charge in [0.25, 0.3) is 0 Å². The summed E-state index contributed by atoms with van der Waals surface area (Å²) < 4.78 is 38.3. The maximum Gasteiger partial charge on any atom is 0.391 e. The first kappa shape index (κ1) is 20.8. The molecule has 0 aromatic heterocycles. The third-order valence-corrected chi connectivity index (χ3v) is 4.21. The lowest BCUT2D eigenvalue weighted by atomic mass is 9.93. The third-order valence-electron chi connectivity index (χ3n) is 4.21. The summed E-state index contributed by atoms with van der Waals surface area (Å²) in [7, 11) is 0. The molecule has 2 N–H and O–H groups in total. The second kappa shape index (κ2) is 9.89. The smallest absolute Gasteiger partial charge is 0.349 e. The van der Waals surface area contributed by atoms with E-state index in [1.54, 1.807) is 30.3 Å². The number of hydrogen-bond donors (Lipinski definition) is 2. The standard InChI is InChI=1S/C17H23F3N2O.ClH/c18-17(19,20)12-15(14-4-2-1-3-5-14)22-16(23)7-6-13-8-10-21-11-9-13;/h1-5,13,15,21H,6-12H2,(H,22,23);1H. The molecule has 0 aliphatic carbocycles. The van der Waals surface area contributed by atoms with Gasteiger partial charge in [-0.2, -0.15) is 13.2 Å². The number of alkyl halides is 3. The second-order valence-corrected chi connectivity index (χ2v) is 6.08. The van der Waals surface area contributed by atoms with Crippen LogP contribution < -0.4 is 10.6 Å². The molecule has 24 heavy (non-hydrogen) atoms. The first-order valence-corrected chi connectivity index (χ1v) is 8.06. The minimum absolute atomic E-state index is 0. The Bertz CT molecular complexity index is 490. The number of rotatable bonds is 6. The van der Waals surface area contributed by atoms with E-state index in [4.69, 9.17) is 0 Å². The molecule has 1 aliphatic rings. The second-order valence-electron chi connectivity index (χ2n) is 6.08. The van der Waals surface area contributed by atoms with Gasteiger partial charge in [0.15, 0.2) is 0 Å². The Morgan fingerprint density at radius 2 is 1.83 bits per heavy atom. The molecule has 1 atom stereocenters. The molecule has 1 heterocycles. The van der Waals surface area contributed by atoms with Gasteiger partial charge in [-0.15, -0.1) is 12.4 Å². The van der Waals surface area contributed by atoms with E-state index in [2.05, 4.69) is 10.6 Å². The highest BCUT2D eigenvalue weighted by atomic mass is 35.5. The van der Waals surface area contributed by atoms with Gasteiger partial charge >= 0.3 is 6.18 Å². The molecule has 1 aromatic carbocycles. The van der Waals surface area contributed by atoms with Gasteiger partial charge in [-0.05, 0) is 43.8 Å². The lowest BCUT2D eigenvalue weighted by Crippen LogP contribution is -2.33. The van der Waals surface area contributed by atoms with Gasteiger partial charge in [-0.25, -0.2) is 0 Å². The summed E-state index contributed by atoms with van der Waals surface area (Å²) in [6, 6.07) is 7.32. The lowest BCUT2D eigenvalue weighted by Gasteiger charge is -2.24. The predicted molar refractivity (Wildman–Crippen MR) is 90.1 cm³/mol. The van der Waals surface area contributed by atoms with Gasteiger partial charge in [-0.1, -0.05) is 30.3 Å². The van der Waals surface area contributed by atoms with E-state index in [9.17, 15) is 18.0 Å². The maximum absolute atomic E-state index is 12.8. The van der Waals surface area contributed by atoms with Gasteiger partial charge in [0.05, 0.1) is 12.5 Å². The molecule has 1 aromatic rings. The number of benzene rings is 1. The number of nitrogens with one attached hydrogen (secondary N) is 2. The van der Waals surface area contributed by atoms with Gasteiger partial charge in [0, 0.05) is 6.42 Å². The van der Waals surface area contributed by atoms with Crippen LogP contribution >= 0.6 is 12.4 Å². The van der Waals surface area contributed by atoms with Crippen LogP contribution in [0.4, 0.5) is 13.2 Å². The number of carbonyl (C=O) groups is 1. The van der Waals surface area contributed by atoms with Crippen molar-refractivity contribution in [2.75, 3.05) is 13.1 Å². The van der Waals surface area contributed by atoms with Crippen molar-refractivity contribution in [3.8, 4) is 0 Å². The van der Waals surface area contributed by atoms with Crippen molar-refractivity contribution in [2.24, 2.45) is 5.92 Å². The zero-order valence-electron chi connectivity index (χ0n) is 13.4. The van der Waals surface area contributed by atoms with E-state index in [0.29, 0.717) is 11.5 Å². The number of halogens is 4. The predicted octanol–water partition coefficient (Wildman–Crippen LogP) is 4.00. The van der Waals surface area contributed by atoms with Crippen LogP contribution in [0, 0.1) is 5.92 Å². The summed E-state index contributed by atoms with van der Waals surface area (Å²) in [5.74, 6) is 0.182. The fraction of sp³-hybridized carbons (Fsp3) is 0.588. The molecule has 0 spiro atoms. The Hall–Kier alpha value is -1.27. The van der Waals surface area contributed by atoms with Gasteiger partial charge < -0.3 is 10.6 Å². The SMILES string of the molecule is Cl.O=C(CCC1CCNCC1)NC(CC(F)(F)F)c1ccccc1. The number of piperidine rings is 1. The fourth-order valence-electron chi connectivity index (χ4n) is 2.94. The van der Waals surface area contributed by atoms with Crippen molar-refractivity contribution < 1.29 is 18.0 Å². The minimum Gasteiger partial charge on any atom is -0.349 e. The number of amides is 1. The third kappa shape index (κ3) is 7.53. The molecule has 1 aliphatic heterocycles. The molecule has 0 bridgehead atoms. The van der Waals surface area contributed by atoms with Crippen molar-refractivity contribution in [3.63, 3.8) is 0 Å². The van der Waals surface area contributed by atoms with Gasteiger partial charge in [0.1, 0.15) is 0 Å². The highest BCUT2D eigenvalue weighted by molar-refractivity contribution is 5.85. The summed E-state index contributed by atoms with van der Waals surface area (Å²) in [4.78, 5) is 12.1. The molecule has 1 unspecified atom stereocenters. The van der Waals surface area contributed by atoms with E-state index >= 15 is 0 Å². The maximum atomic E-state index is 12.8. The van der Waals surface area contributed by atoms with Crippen LogP contribution in [-0.2, 0) is 4.79 Å².